The Morgan fingerprint density at radius 1 is 1.06 bits per heavy atom. The predicted molar refractivity (Wildman–Crippen MR) is 189 cm³/mol. The number of amides is 5. The second kappa shape index (κ2) is 16.1. The van der Waals surface area contributed by atoms with Crippen LogP contribution in [-0.4, -0.2) is 104 Å². The number of likely N-dealkylation sites (N-methyl/N-ethyl adjacent to an activating group) is 1. The van der Waals surface area contributed by atoms with Crippen LogP contribution in [0.3, 0.4) is 0 Å². The summed E-state index contributed by atoms with van der Waals surface area (Å²) in [5.74, 6) is -0.504. The number of rotatable bonds is 14. The molecule has 1 aliphatic heterocycles. The van der Waals surface area contributed by atoms with Gasteiger partial charge in [-0.05, 0) is 47.3 Å². The molecule has 4 N–H and O–H groups in total. The molecule has 0 bridgehead atoms. The molecule has 49 heavy (non-hydrogen) atoms. The fourth-order valence-corrected chi connectivity index (χ4v) is 7.04. The molecule has 276 valence electrons. The van der Waals surface area contributed by atoms with E-state index in [4.69, 9.17) is 6.42 Å². The summed E-state index contributed by atoms with van der Waals surface area (Å²) in [4.78, 5) is 69.4. The standard InChI is InChI=1S/C35H58N6O7S/c1-13-15-16-24(27(42)30(44)36-19-14-2)37-29(43)26-22-17-18-35(9,10)23(22)20-41(26)31(45)28(34(6,7)8)39-32(46)38-25(33(3,4)5)21-40(11)49(12,47)48/h1,14,22-26,28H,2,15-21H2,3-12H3,(H,36,44)(H,37,43)(H2,38,39,46)/t22-,23-,24?,25+,26-,28+/m0/s1. The molecule has 1 aliphatic carbocycles. The summed E-state index contributed by atoms with van der Waals surface area (Å²) in [7, 11) is -2.08. The molecule has 5 amide bonds. The molecular formula is C35H58N6O7S. The van der Waals surface area contributed by atoms with Crippen LogP contribution in [0.15, 0.2) is 12.7 Å². The Hall–Kier alpha value is -3.44. The third-order valence-electron chi connectivity index (χ3n) is 9.92. The van der Waals surface area contributed by atoms with Gasteiger partial charge in [-0.2, -0.15) is 0 Å². The Morgan fingerprint density at radius 2 is 1.67 bits per heavy atom. The smallest absolute Gasteiger partial charge is 0.315 e. The molecule has 6 atom stereocenters. The molecule has 1 heterocycles. The van der Waals surface area contributed by atoms with Crippen molar-refractivity contribution >= 4 is 39.6 Å². The lowest BCUT2D eigenvalue weighted by molar-refractivity contribution is -0.144. The average molecular weight is 707 g/mol. The number of sulfonamides is 1. The minimum Gasteiger partial charge on any atom is -0.346 e. The minimum atomic E-state index is -3.52. The topological polar surface area (TPSA) is 174 Å². The van der Waals surface area contributed by atoms with Gasteiger partial charge in [0.25, 0.3) is 5.91 Å². The van der Waals surface area contributed by atoms with Crippen molar-refractivity contribution in [2.24, 2.45) is 28.1 Å². The SMILES string of the molecule is C#CCCC(NC(=O)[C@@H]1[C@H]2CCC(C)(C)[C@H]2CN1C(=O)[C@@H](NC(=O)N[C@H](CN(C)S(C)(=O)=O)C(C)(C)C)C(C)(C)C)C(=O)C(=O)NCC=C. The summed E-state index contributed by atoms with van der Waals surface area (Å²) < 4.78 is 25.4. The molecule has 1 saturated heterocycles. The second-order valence-electron chi connectivity index (χ2n) is 16.3. The van der Waals surface area contributed by atoms with Crippen LogP contribution < -0.4 is 21.3 Å². The number of nitrogens with zero attached hydrogens (tertiary/aromatic N) is 2. The second-order valence-corrected chi connectivity index (χ2v) is 18.4. The van der Waals surface area contributed by atoms with E-state index in [-0.39, 0.29) is 49.7 Å². The number of terminal acetylenes is 1. The number of fused-ring (bicyclic) bond motifs is 1. The van der Waals surface area contributed by atoms with Crippen LogP contribution >= 0.6 is 0 Å². The average Bonchev–Trinajstić information content (AvgIpc) is 3.50. The van der Waals surface area contributed by atoms with E-state index in [0.717, 1.165) is 17.0 Å². The van der Waals surface area contributed by atoms with E-state index in [1.165, 1.54) is 18.0 Å². The number of ketones is 1. The van der Waals surface area contributed by atoms with Gasteiger partial charge >= 0.3 is 6.03 Å². The normalized spacial score (nSPS) is 22.2. The van der Waals surface area contributed by atoms with Gasteiger partial charge in [0.15, 0.2) is 0 Å². The zero-order valence-corrected chi connectivity index (χ0v) is 31.8. The highest BCUT2D eigenvalue weighted by Gasteiger charge is 2.57. The molecule has 0 radical (unpaired) electrons. The predicted octanol–water partition coefficient (Wildman–Crippen LogP) is 2.04. The van der Waals surface area contributed by atoms with Crippen LogP contribution in [0, 0.1) is 40.4 Å². The van der Waals surface area contributed by atoms with Gasteiger partial charge in [-0.3, -0.25) is 19.2 Å². The van der Waals surface area contributed by atoms with Crippen molar-refractivity contribution in [3.8, 4) is 12.3 Å². The number of carbonyl (C=O) groups is 5. The van der Waals surface area contributed by atoms with Crippen molar-refractivity contribution in [1.29, 1.82) is 0 Å². The van der Waals surface area contributed by atoms with E-state index in [1.807, 2.05) is 20.8 Å². The maximum absolute atomic E-state index is 14.5. The van der Waals surface area contributed by atoms with Gasteiger partial charge in [0.05, 0.1) is 12.3 Å². The van der Waals surface area contributed by atoms with Crippen molar-refractivity contribution in [2.75, 3.05) is 32.9 Å². The van der Waals surface area contributed by atoms with Crippen molar-refractivity contribution in [3.05, 3.63) is 12.7 Å². The summed E-state index contributed by atoms with van der Waals surface area (Å²) in [5.41, 5.74) is -1.50. The first-order chi connectivity index (χ1) is 22.4. The van der Waals surface area contributed by atoms with Crippen LogP contribution in [0.5, 0.6) is 0 Å². The fraction of sp³-hybridized carbons (Fsp3) is 0.743. The molecule has 0 aromatic heterocycles. The lowest BCUT2D eigenvalue weighted by Crippen LogP contribution is -2.62. The zero-order valence-electron chi connectivity index (χ0n) is 30.9. The molecule has 1 saturated carbocycles. The highest BCUT2D eigenvalue weighted by Crippen LogP contribution is 2.53. The third kappa shape index (κ3) is 10.8. The molecule has 0 spiro atoms. The largest absolute Gasteiger partial charge is 0.346 e. The summed E-state index contributed by atoms with van der Waals surface area (Å²) in [6, 6.07) is -4.46. The molecule has 1 unspecified atom stereocenters. The summed E-state index contributed by atoms with van der Waals surface area (Å²) in [6.45, 7) is 19.2. The maximum Gasteiger partial charge on any atom is 0.315 e. The van der Waals surface area contributed by atoms with Crippen LogP contribution in [-0.2, 0) is 29.2 Å². The highest BCUT2D eigenvalue weighted by atomic mass is 32.2. The number of hydrogen-bond acceptors (Lipinski definition) is 7. The van der Waals surface area contributed by atoms with Gasteiger partial charge in [-0.25, -0.2) is 17.5 Å². The number of nitrogens with one attached hydrogen (secondary N) is 4. The summed E-state index contributed by atoms with van der Waals surface area (Å²) >= 11 is 0. The summed E-state index contributed by atoms with van der Waals surface area (Å²) in [6.07, 6.45) is 9.67. The van der Waals surface area contributed by atoms with Crippen LogP contribution in [0.25, 0.3) is 0 Å². The molecule has 0 aromatic rings. The molecule has 14 heteroatoms. The Balaban J connectivity index is 2.44. The maximum atomic E-state index is 14.5. The summed E-state index contributed by atoms with van der Waals surface area (Å²) in [5, 5.41) is 10.9. The monoisotopic (exact) mass is 706 g/mol. The number of urea groups is 1. The highest BCUT2D eigenvalue weighted by molar-refractivity contribution is 7.88. The van der Waals surface area contributed by atoms with Crippen LogP contribution in [0.1, 0.15) is 81.1 Å². The molecule has 13 nitrogen and oxygen atoms in total. The van der Waals surface area contributed by atoms with Crippen molar-refractivity contribution in [3.63, 3.8) is 0 Å². The third-order valence-corrected chi connectivity index (χ3v) is 11.2. The van der Waals surface area contributed by atoms with E-state index in [2.05, 4.69) is 47.6 Å². The van der Waals surface area contributed by atoms with Crippen LogP contribution in [0.2, 0.25) is 0 Å². The van der Waals surface area contributed by atoms with Crippen molar-refractivity contribution < 1.29 is 32.4 Å². The quantitative estimate of drug-likeness (QED) is 0.122. The van der Waals surface area contributed by atoms with Crippen LogP contribution in [0.4, 0.5) is 4.79 Å². The van der Waals surface area contributed by atoms with Gasteiger partial charge < -0.3 is 26.2 Å². The van der Waals surface area contributed by atoms with E-state index >= 15 is 0 Å². The van der Waals surface area contributed by atoms with Gasteiger partial charge in [0, 0.05) is 39.1 Å². The molecule has 0 aromatic carbocycles. The Bertz CT molecular complexity index is 1420. The molecule has 2 aliphatic rings. The number of hydrogen-bond donors (Lipinski definition) is 4. The van der Waals surface area contributed by atoms with Gasteiger partial charge in [0.2, 0.25) is 27.6 Å². The molecular weight excluding hydrogens is 648 g/mol. The first-order valence-electron chi connectivity index (χ1n) is 16.8. The first kappa shape index (κ1) is 41.7. The number of likely N-dealkylation sites (tertiary alicyclic amines) is 1. The van der Waals surface area contributed by atoms with Gasteiger partial charge in [-0.15, -0.1) is 18.9 Å². The fourth-order valence-electron chi connectivity index (χ4n) is 6.62. The van der Waals surface area contributed by atoms with E-state index in [9.17, 15) is 32.4 Å². The van der Waals surface area contributed by atoms with E-state index in [1.54, 1.807) is 20.8 Å². The van der Waals surface area contributed by atoms with Gasteiger partial charge in [0.1, 0.15) is 12.1 Å². The lowest BCUT2D eigenvalue weighted by atomic mass is 9.79. The number of Topliss-reactive ketones (excluding diaryl/α,β-unsaturated/α-hetero) is 1. The number of carbonyl (C=O) groups excluding carboxylic acids is 5. The van der Waals surface area contributed by atoms with Crippen molar-refractivity contribution in [2.45, 2.75) is 105 Å². The first-order valence-corrected chi connectivity index (χ1v) is 18.7. The Kier molecular flexibility index (Phi) is 13.7. The van der Waals surface area contributed by atoms with E-state index in [0.29, 0.717) is 6.42 Å². The minimum absolute atomic E-state index is 0.0157. The lowest BCUT2D eigenvalue weighted by Gasteiger charge is -2.38. The van der Waals surface area contributed by atoms with E-state index < -0.39 is 74.6 Å². The Labute approximate surface area is 293 Å². The molecule has 2 rings (SSSR count). The molecule has 2 fully saturated rings. The van der Waals surface area contributed by atoms with Gasteiger partial charge in [-0.1, -0.05) is 61.5 Å². The Morgan fingerprint density at radius 3 is 2.18 bits per heavy atom. The zero-order chi connectivity index (χ0) is 37.7. The van der Waals surface area contributed by atoms with Crippen molar-refractivity contribution in [1.82, 2.24) is 30.5 Å².